The quantitative estimate of drug-likeness (QED) is 0.490. The average molecular weight is 365 g/mol. The summed E-state index contributed by atoms with van der Waals surface area (Å²) in [5.41, 5.74) is 0.668. The fourth-order valence-corrected chi connectivity index (χ4v) is 3.00. The van der Waals surface area contributed by atoms with Gasteiger partial charge in [-0.1, -0.05) is 49.1 Å². The Morgan fingerprint density at radius 3 is 2.37 bits per heavy atom. The molecule has 1 N–H and O–H groups in total. The van der Waals surface area contributed by atoms with E-state index >= 15 is 0 Å². The zero-order valence-corrected chi connectivity index (χ0v) is 15.6. The van der Waals surface area contributed by atoms with Gasteiger partial charge in [-0.15, -0.1) is 0 Å². The Morgan fingerprint density at radius 1 is 1.19 bits per heavy atom. The highest BCUT2D eigenvalue weighted by molar-refractivity contribution is 5.99. The van der Waals surface area contributed by atoms with E-state index in [1.54, 1.807) is 12.1 Å². The first-order valence-electron chi connectivity index (χ1n) is 9.02. The lowest BCUT2D eigenvalue weighted by molar-refractivity contribution is -0.151. The number of benzene rings is 1. The molecule has 1 atom stereocenters. The molecule has 0 heterocycles. The van der Waals surface area contributed by atoms with Gasteiger partial charge in [-0.25, -0.2) is 4.79 Å². The second-order valence-corrected chi connectivity index (χ2v) is 6.87. The molecule has 1 saturated carbocycles. The molecule has 0 saturated heterocycles. The summed E-state index contributed by atoms with van der Waals surface area (Å²) in [4.78, 5) is 24.6. The zero-order valence-electron chi connectivity index (χ0n) is 15.6. The molecule has 0 radical (unpaired) electrons. The largest absolute Gasteiger partial charge is 0.448 e. The first-order chi connectivity index (χ1) is 12.9. The number of hydrogen-bond acceptors (Lipinski definition) is 5. The number of nitrogens with one attached hydrogen (secondary N) is 1. The van der Waals surface area contributed by atoms with Gasteiger partial charge in [-0.05, 0) is 38.3 Å². The lowest BCUT2D eigenvalue weighted by Crippen LogP contribution is -2.52. The molecule has 1 aliphatic rings. The van der Waals surface area contributed by atoms with Gasteiger partial charge in [0.05, 0.1) is 6.07 Å². The molecule has 0 unspecified atom stereocenters. The Balaban J connectivity index is 2.02. The van der Waals surface area contributed by atoms with Gasteiger partial charge in [0.25, 0.3) is 5.91 Å². The Labute approximate surface area is 159 Å². The van der Waals surface area contributed by atoms with Gasteiger partial charge < -0.3 is 10.1 Å². The van der Waals surface area contributed by atoms with Gasteiger partial charge in [0.15, 0.2) is 6.10 Å². The van der Waals surface area contributed by atoms with Gasteiger partial charge >= 0.3 is 5.97 Å². The molecule has 140 valence electrons. The Bertz CT molecular complexity index is 807. The minimum Gasteiger partial charge on any atom is -0.448 e. The van der Waals surface area contributed by atoms with E-state index in [9.17, 15) is 20.1 Å². The van der Waals surface area contributed by atoms with Crippen molar-refractivity contribution in [1.82, 2.24) is 5.32 Å². The lowest BCUT2D eigenvalue weighted by Gasteiger charge is -2.32. The van der Waals surface area contributed by atoms with Crippen molar-refractivity contribution in [1.29, 1.82) is 10.5 Å². The van der Waals surface area contributed by atoms with Crippen molar-refractivity contribution in [2.45, 2.75) is 57.6 Å². The summed E-state index contributed by atoms with van der Waals surface area (Å²) in [5, 5.41) is 21.4. The summed E-state index contributed by atoms with van der Waals surface area (Å²) >= 11 is 0. The zero-order chi connectivity index (χ0) is 19.9. The van der Waals surface area contributed by atoms with Crippen LogP contribution in [0.5, 0.6) is 0 Å². The summed E-state index contributed by atoms with van der Waals surface area (Å²) in [5.74, 6) is -1.39. The van der Waals surface area contributed by atoms with Crippen LogP contribution in [-0.2, 0) is 14.3 Å². The lowest BCUT2D eigenvalue weighted by atomic mass is 9.83. The van der Waals surface area contributed by atoms with E-state index in [0.29, 0.717) is 18.4 Å². The average Bonchev–Trinajstić information content (AvgIpc) is 2.68. The monoisotopic (exact) mass is 365 g/mol. The highest BCUT2D eigenvalue weighted by Crippen LogP contribution is 2.27. The van der Waals surface area contributed by atoms with E-state index < -0.39 is 23.5 Å². The molecule has 1 amide bonds. The van der Waals surface area contributed by atoms with Gasteiger partial charge in [-0.3, -0.25) is 4.79 Å². The molecule has 6 heteroatoms. The number of nitrogens with zero attached hydrogens (tertiary/aromatic N) is 2. The number of rotatable bonds is 5. The fourth-order valence-electron chi connectivity index (χ4n) is 3.00. The van der Waals surface area contributed by atoms with E-state index in [0.717, 1.165) is 24.8 Å². The number of carbonyl (C=O) groups excluding carboxylic acids is 2. The highest BCUT2D eigenvalue weighted by atomic mass is 16.5. The van der Waals surface area contributed by atoms with E-state index in [4.69, 9.17) is 4.74 Å². The normalized spacial score (nSPS) is 17.1. The topological polar surface area (TPSA) is 103 Å². The van der Waals surface area contributed by atoms with Crippen LogP contribution in [0.1, 0.15) is 50.2 Å². The molecular weight excluding hydrogens is 342 g/mol. The standard InChI is InChI=1S/C21H23N3O3/c1-15-6-8-17(9-7-15)12-18(13-22)20(26)27-16(2)19(25)24-21(14-23)10-4-3-5-11-21/h6-9,12,16H,3-5,10-11H2,1-2H3,(H,24,25)/b18-12+/t16-/m0/s1. The Hall–Kier alpha value is -3.12. The molecule has 0 bridgehead atoms. The number of nitriles is 2. The molecule has 2 rings (SSSR count). The maximum Gasteiger partial charge on any atom is 0.349 e. The summed E-state index contributed by atoms with van der Waals surface area (Å²) in [7, 11) is 0. The van der Waals surface area contributed by atoms with Crippen LogP contribution in [0, 0.1) is 29.6 Å². The van der Waals surface area contributed by atoms with Gasteiger partial charge in [0.2, 0.25) is 0 Å². The van der Waals surface area contributed by atoms with E-state index in [1.807, 2.05) is 25.1 Å². The van der Waals surface area contributed by atoms with Crippen LogP contribution >= 0.6 is 0 Å². The third-order valence-corrected chi connectivity index (χ3v) is 4.67. The van der Waals surface area contributed by atoms with Crippen molar-refractivity contribution in [3.05, 3.63) is 41.0 Å². The minimum absolute atomic E-state index is 0.189. The predicted molar refractivity (Wildman–Crippen MR) is 99.9 cm³/mol. The van der Waals surface area contributed by atoms with Crippen molar-refractivity contribution in [2.24, 2.45) is 0 Å². The van der Waals surface area contributed by atoms with Crippen molar-refractivity contribution in [3.63, 3.8) is 0 Å². The number of carbonyl (C=O) groups is 2. The number of aryl methyl sites for hydroxylation is 1. The van der Waals surface area contributed by atoms with Crippen molar-refractivity contribution in [3.8, 4) is 12.1 Å². The highest BCUT2D eigenvalue weighted by Gasteiger charge is 2.35. The van der Waals surface area contributed by atoms with E-state index in [1.165, 1.54) is 13.0 Å². The first-order valence-corrected chi connectivity index (χ1v) is 9.02. The first kappa shape index (κ1) is 20.2. The SMILES string of the molecule is Cc1ccc(/C=C(\C#N)C(=O)O[C@@H](C)C(=O)NC2(C#N)CCCCC2)cc1. The second-order valence-electron chi connectivity index (χ2n) is 6.87. The second kappa shape index (κ2) is 9.00. The van der Waals surface area contributed by atoms with Crippen molar-refractivity contribution < 1.29 is 14.3 Å². The minimum atomic E-state index is -1.10. The van der Waals surface area contributed by atoms with Crippen LogP contribution in [0.25, 0.3) is 6.08 Å². The summed E-state index contributed by atoms with van der Waals surface area (Å²) in [6.07, 6.45) is 4.29. The van der Waals surface area contributed by atoms with Crippen LogP contribution in [0.4, 0.5) is 0 Å². The van der Waals surface area contributed by atoms with E-state index in [2.05, 4.69) is 11.4 Å². The Morgan fingerprint density at radius 2 is 1.81 bits per heavy atom. The van der Waals surface area contributed by atoms with Gasteiger partial charge in [-0.2, -0.15) is 10.5 Å². The molecule has 1 fully saturated rings. The molecule has 0 spiro atoms. The predicted octanol–water partition coefficient (Wildman–Crippen LogP) is 3.18. The fraction of sp³-hybridized carbons (Fsp3) is 0.429. The Kier molecular flexibility index (Phi) is 6.73. The molecule has 27 heavy (non-hydrogen) atoms. The molecule has 0 aliphatic heterocycles. The molecule has 6 nitrogen and oxygen atoms in total. The smallest absolute Gasteiger partial charge is 0.349 e. The molecule has 1 aromatic carbocycles. The molecule has 1 aromatic rings. The van der Waals surface area contributed by atoms with Crippen LogP contribution in [-0.4, -0.2) is 23.5 Å². The van der Waals surface area contributed by atoms with E-state index in [-0.39, 0.29) is 5.57 Å². The van der Waals surface area contributed by atoms with Crippen LogP contribution in [0.15, 0.2) is 29.8 Å². The maximum atomic E-state index is 12.4. The summed E-state index contributed by atoms with van der Waals surface area (Å²) < 4.78 is 5.14. The third kappa shape index (κ3) is 5.43. The third-order valence-electron chi connectivity index (χ3n) is 4.67. The summed E-state index contributed by atoms with van der Waals surface area (Å²) in [6.45, 7) is 3.37. The number of ether oxygens (including phenoxy) is 1. The van der Waals surface area contributed by atoms with Gasteiger partial charge in [0, 0.05) is 0 Å². The molecule has 1 aliphatic carbocycles. The number of hydrogen-bond donors (Lipinski definition) is 1. The van der Waals surface area contributed by atoms with Crippen molar-refractivity contribution in [2.75, 3.05) is 0 Å². The van der Waals surface area contributed by atoms with Crippen LogP contribution in [0.3, 0.4) is 0 Å². The molecule has 0 aromatic heterocycles. The van der Waals surface area contributed by atoms with Gasteiger partial charge in [0.1, 0.15) is 17.2 Å². The number of amides is 1. The van der Waals surface area contributed by atoms with Crippen LogP contribution < -0.4 is 5.32 Å². The van der Waals surface area contributed by atoms with Crippen LogP contribution in [0.2, 0.25) is 0 Å². The maximum absolute atomic E-state index is 12.4. The molecular formula is C21H23N3O3. The van der Waals surface area contributed by atoms with Crippen molar-refractivity contribution >= 4 is 18.0 Å². The number of esters is 1. The summed E-state index contributed by atoms with van der Waals surface area (Å²) in [6, 6.07) is 11.3.